The fourth-order valence-corrected chi connectivity index (χ4v) is 0.921. The van der Waals surface area contributed by atoms with Crippen LogP contribution >= 0.6 is 0 Å². The van der Waals surface area contributed by atoms with E-state index in [2.05, 4.69) is 4.74 Å². The van der Waals surface area contributed by atoms with Gasteiger partial charge < -0.3 is 10.1 Å². The van der Waals surface area contributed by atoms with Crippen LogP contribution in [0.5, 0.6) is 0 Å². The normalized spacial score (nSPS) is 8.88. The van der Waals surface area contributed by atoms with E-state index >= 15 is 0 Å². The second-order valence-electron chi connectivity index (χ2n) is 2.79. The van der Waals surface area contributed by atoms with E-state index in [1.54, 1.807) is 0 Å². The number of carbonyl (C=O) groups is 2. The number of anilines is 1. The molecule has 1 aromatic carbocycles. The van der Waals surface area contributed by atoms with Crippen LogP contribution in [0.2, 0.25) is 0 Å². The van der Waals surface area contributed by atoms with E-state index in [0.717, 1.165) is 25.3 Å². The Morgan fingerprint density at radius 2 is 1.82 bits per heavy atom. The molecule has 1 rings (SSSR count). The van der Waals surface area contributed by atoms with Crippen molar-refractivity contribution in [1.29, 1.82) is 0 Å². The zero-order valence-electron chi connectivity index (χ0n) is 8.71. The number of nitrogens with one attached hydrogen (secondary N) is 1. The molecule has 0 radical (unpaired) electrons. The van der Waals surface area contributed by atoms with Gasteiger partial charge in [-0.25, -0.2) is 13.6 Å². The summed E-state index contributed by atoms with van der Waals surface area (Å²) in [6, 6.07) is 3.11. The SMILES string of the molecule is COC(=O)C#CC(=O)Nc1c(F)cccc1F. The molecule has 88 valence electrons. The monoisotopic (exact) mass is 239 g/mol. The van der Waals surface area contributed by atoms with Gasteiger partial charge in [-0.1, -0.05) is 6.07 Å². The summed E-state index contributed by atoms with van der Waals surface area (Å²) < 4.78 is 30.3. The molecule has 0 spiro atoms. The van der Waals surface area contributed by atoms with Gasteiger partial charge in [0.05, 0.1) is 7.11 Å². The number of methoxy groups -OCH3 is 1. The van der Waals surface area contributed by atoms with Crippen molar-refractivity contribution in [1.82, 2.24) is 0 Å². The summed E-state index contributed by atoms with van der Waals surface area (Å²) in [5, 5.41) is 1.89. The number of hydrogen-bond donors (Lipinski definition) is 1. The summed E-state index contributed by atoms with van der Waals surface area (Å²) >= 11 is 0. The fourth-order valence-electron chi connectivity index (χ4n) is 0.921. The molecule has 0 bridgehead atoms. The number of esters is 1. The molecule has 4 nitrogen and oxygen atoms in total. The second-order valence-corrected chi connectivity index (χ2v) is 2.79. The number of para-hydroxylation sites is 1. The molecule has 1 amide bonds. The van der Waals surface area contributed by atoms with Crippen molar-refractivity contribution in [3.63, 3.8) is 0 Å². The van der Waals surface area contributed by atoms with Crippen LogP contribution < -0.4 is 5.32 Å². The van der Waals surface area contributed by atoms with E-state index in [9.17, 15) is 18.4 Å². The minimum Gasteiger partial charge on any atom is -0.459 e. The van der Waals surface area contributed by atoms with Crippen LogP contribution in [-0.2, 0) is 14.3 Å². The van der Waals surface area contributed by atoms with Crippen molar-refractivity contribution >= 4 is 17.6 Å². The zero-order chi connectivity index (χ0) is 12.8. The van der Waals surface area contributed by atoms with Gasteiger partial charge in [0.1, 0.15) is 17.3 Å². The maximum atomic E-state index is 13.1. The summed E-state index contributed by atoms with van der Waals surface area (Å²) in [4.78, 5) is 21.7. The lowest BCUT2D eigenvalue weighted by molar-refractivity contribution is -0.133. The van der Waals surface area contributed by atoms with Crippen LogP contribution in [0.3, 0.4) is 0 Å². The summed E-state index contributed by atoms with van der Waals surface area (Å²) in [6.07, 6.45) is 0. The Morgan fingerprint density at radius 3 is 2.35 bits per heavy atom. The molecule has 0 fully saturated rings. The highest BCUT2D eigenvalue weighted by Gasteiger charge is 2.10. The number of rotatable bonds is 1. The van der Waals surface area contributed by atoms with Crippen LogP contribution in [0, 0.1) is 23.5 Å². The second kappa shape index (κ2) is 5.61. The van der Waals surface area contributed by atoms with Crippen molar-refractivity contribution in [3.05, 3.63) is 29.8 Å². The summed E-state index contributed by atoms with van der Waals surface area (Å²) in [5.74, 6) is -0.149. The molecule has 17 heavy (non-hydrogen) atoms. The third kappa shape index (κ3) is 3.57. The minimum atomic E-state index is -1.01. The Labute approximate surface area is 95.6 Å². The molecule has 1 N–H and O–H groups in total. The van der Waals surface area contributed by atoms with Gasteiger partial charge in [0.2, 0.25) is 0 Å². The zero-order valence-corrected chi connectivity index (χ0v) is 8.71. The molecule has 1 aromatic rings. The van der Waals surface area contributed by atoms with Gasteiger partial charge in [-0.05, 0) is 12.1 Å². The van der Waals surface area contributed by atoms with E-state index in [1.807, 2.05) is 17.2 Å². The molecule has 0 unspecified atom stereocenters. The molecule has 0 atom stereocenters. The predicted octanol–water partition coefficient (Wildman–Crippen LogP) is 1.08. The van der Waals surface area contributed by atoms with Gasteiger partial charge in [0.25, 0.3) is 0 Å². The van der Waals surface area contributed by atoms with E-state index in [-0.39, 0.29) is 0 Å². The number of hydrogen-bond acceptors (Lipinski definition) is 3. The topological polar surface area (TPSA) is 55.4 Å². The first-order valence-electron chi connectivity index (χ1n) is 4.39. The third-order valence-corrected chi connectivity index (χ3v) is 1.66. The van der Waals surface area contributed by atoms with Gasteiger partial charge in [-0.3, -0.25) is 4.79 Å². The van der Waals surface area contributed by atoms with Gasteiger partial charge in [-0.15, -0.1) is 0 Å². The molecule has 0 saturated carbocycles. The number of halogens is 2. The first-order valence-corrected chi connectivity index (χ1v) is 4.39. The van der Waals surface area contributed by atoms with Gasteiger partial charge >= 0.3 is 11.9 Å². The average molecular weight is 239 g/mol. The van der Waals surface area contributed by atoms with Crippen molar-refractivity contribution in [3.8, 4) is 11.8 Å². The summed E-state index contributed by atoms with van der Waals surface area (Å²) in [7, 11) is 1.09. The maximum absolute atomic E-state index is 13.1. The number of benzene rings is 1. The molecule has 0 aliphatic heterocycles. The molecular formula is C11H7F2NO3. The van der Waals surface area contributed by atoms with Gasteiger partial charge in [-0.2, -0.15) is 0 Å². The smallest absolute Gasteiger partial charge is 0.384 e. The van der Waals surface area contributed by atoms with Crippen molar-refractivity contribution in [2.24, 2.45) is 0 Å². The fraction of sp³-hybridized carbons (Fsp3) is 0.0909. The number of carbonyl (C=O) groups excluding carboxylic acids is 2. The van der Waals surface area contributed by atoms with Gasteiger partial charge in [0, 0.05) is 11.8 Å². The lowest BCUT2D eigenvalue weighted by Gasteiger charge is -2.03. The highest BCUT2D eigenvalue weighted by molar-refractivity contribution is 6.07. The van der Waals surface area contributed by atoms with Crippen LogP contribution in [0.4, 0.5) is 14.5 Å². The van der Waals surface area contributed by atoms with Crippen LogP contribution in [-0.4, -0.2) is 19.0 Å². The standard InChI is InChI=1S/C11H7F2NO3/c1-17-10(16)6-5-9(15)14-11-7(12)3-2-4-8(11)13/h2-4H,1H3,(H,14,15). The first kappa shape index (κ1) is 12.6. The van der Waals surface area contributed by atoms with Crippen molar-refractivity contribution < 1.29 is 23.1 Å². The van der Waals surface area contributed by atoms with Crippen LogP contribution in [0.15, 0.2) is 18.2 Å². The quantitative estimate of drug-likeness (QED) is 0.453. The minimum absolute atomic E-state index is 0.614. The average Bonchev–Trinajstić information content (AvgIpc) is 2.31. The van der Waals surface area contributed by atoms with E-state index < -0.39 is 29.2 Å². The van der Waals surface area contributed by atoms with E-state index in [1.165, 1.54) is 0 Å². The summed E-state index contributed by atoms with van der Waals surface area (Å²) in [5.41, 5.74) is -0.614. The summed E-state index contributed by atoms with van der Waals surface area (Å²) in [6.45, 7) is 0. The Kier molecular flexibility index (Phi) is 4.17. The highest BCUT2D eigenvalue weighted by Crippen LogP contribution is 2.17. The molecule has 0 aliphatic carbocycles. The van der Waals surface area contributed by atoms with E-state index in [4.69, 9.17) is 0 Å². The molecule has 6 heteroatoms. The van der Waals surface area contributed by atoms with Gasteiger partial charge in [0.15, 0.2) is 0 Å². The maximum Gasteiger partial charge on any atom is 0.384 e. The predicted molar refractivity (Wildman–Crippen MR) is 54.8 cm³/mol. The Hall–Kier alpha value is -2.42. The van der Waals surface area contributed by atoms with Crippen LogP contribution in [0.25, 0.3) is 0 Å². The first-order chi connectivity index (χ1) is 8.04. The molecule has 0 saturated heterocycles. The largest absolute Gasteiger partial charge is 0.459 e. The number of ether oxygens (including phenoxy) is 1. The van der Waals surface area contributed by atoms with Crippen LogP contribution in [0.1, 0.15) is 0 Å². The lowest BCUT2D eigenvalue weighted by atomic mass is 10.3. The van der Waals surface area contributed by atoms with E-state index in [0.29, 0.717) is 0 Å². The third-order valence-electron chi connectivity index (χ3n) is 1.66. The molecule has 0 heterocycles. The molecular weight excluding hydrogens is 232 g/mol. The van der Waals surface area contributed by atoms with Crippen molar-refractivity contribution in [2.75, 3.05) is 12.4 Å². The lowest BCUT2D eigenvalue weighted by Crippen LogP contribution is -2.12. The molecule has 0 aromatic heterocycles. The highest BCUT2D eigenvalue weighted by atomic mass is 19.1. The Balaban J connectivity index is 2.81. The van der Waals surface area contributed by atoms with Crippen molar-refractivity contribution in [2.45, 2.75) is 0 Å². The molecule has 0 aliphatic rings. The Bertz CT molecular complexity index is 497. The Morgan fingerprint density at radius 1 is 1.24 bits per heavy atom. The number of amides is 1.